The summed E-state index contributed by atoms with van der Waals surface area (Å²) in [6.07, 6.45) is 1.63. The lowest BCUT2D eigenvalue weighted by Gasteiger charge is -2.15. The van der Waals surface area contributed by atoms with Gasteiger partial charge < -0.3 is 10.1 Å². The topological polar surface area (TPSA) is 21.3 Å². The Balaban J connectivity index is 2.52. The summed E-state index contributed by atoms with van der Waals surface area (Å²) in [7, 11) is 0. The number of ether oxygens (including phenoxy) is 1. The van der Waals surface area contributed by atoms with Crippen LogP contribution in [0.5, 0.6) is 5.75 Å². The van der Waals surface area contributed by atoms with Crippen molar-refractivity contribution in [3.63, 3.8) is 0 Å². The van der Waals surface area contributed by atoms with Gasteiger partial charge in [-0.05, 0) is 19.1 Å². The van der Waals surface area contributed by atoms with E-state index in [1.54, 1.807) is 18.2 Å². The first kappa shape index (κ1) is 13.0. The predicted octanol–water partition coefficient (Wildman–Crippen LogP) is 3.02. The van der Waals surface area contributed by atoms with Crippen LogP contribution in [0.3, 0.4) is 0 Å². The number of hydrogen-bond donors (Lipinski definition) is 1. The Hall–Kier alpha value is -1.06. The normalized spacial score (nSPS) is 12.2. The second-order valence-corrected chi connectivity index (χ2v) is 3.83. The second-order valence-electron chi connectivity index (χ2n) is 3.43. The van der Waals surface area contributed by atoms with Crippen molar-refractivity contribution in [1.82, 2.24) is 5.32 Å². The summed E-state index contributed by atoms with van der Waals surface area (Å²) in [4.78, 5) is 0. The van der Waals surface area contributed by atoms with Crippen molar-refractivity contribution in [3.05, 3.63) is 41.7 Å². The molecular weight excluding hydrogens is 229 g/mol. The van der Waals surface area contributed by atoms with Gasteiger partial charge in [0.2, 0.25) is 0 Å². The maximum atomic E-state index is 13.5. The van der Waals surface area contributed by atoms with Crippen LogP contribution in [-0.4, -0.2) is 19.2 Å². The molecule has 0 aliphatic carbocycles. The molecular formula is C12H15ClFNO. The molecule has 0 aliphatic rings. The zero-order chi connectivity index (χ0) is 12.0. The molecule has 1 N–H and O–H groups in total. The third kappa shape index (κ3) is 3.83. The summed E-state index contributed by atoms with van der Waals surface area (Å²) in [5, 5.41) is 3.16. The van der Waals surface area contributed by atoms with Gasteiger partial charge in [0, 0.05) is 13.1 Å². The third-order valence-corrected chi connectivity index (χ3v) is 2.26. The van der Waals surface area contributed by atoms with Crippen LogP contribution in [0.2, 0.25) is 5.02 Å². The zero-order valence-electron chi connectivity index (χ0n) is 9.17. The van der Waals surface area contributed by atoms with Crippen LogP contribution in [0.1, 0.15) is 6.92 Å². The zero-order valence-corrected chi connectivity index (χ0v) is 9.93. The summed E-state index contributed by atoms with van der Waals surface area (Å²) in [6, 6.07) is 4.71. The van der Waals surface area contributed by atoms with Crippen LogP contribution < -0.4 is 10.1 Å². The molecule has 1 rings (SSSR count). The molecule has 0 aliphatic heterocycles. The van der Waals surface area contributed by atoms with E-state index in [0.717, 1.165) is 0 Å². The Bertz CT molecular complexity index is 357. The first-order chi connectivity index (χ1) is 7.65. The number of hydrogen-bond acceptors (Lipinski definition) is 2. The van der Waals surface area contributed by atoms with Gasteiger partial charge in [-0.25, -0.2) is 4.39 Å². The molecule has 0 radical (unpaired) electrons. The van der Waals surface area contributed by atoms with E-state index >= 15 is 0 Å². The fraction of sp³-hybridized carbons (Fsp3) is 0.333. The highest BCUT2D eigenvalue weighted by Gasteiger charge is 2.10. The van der Waals surface area contributed by atoms with Crippen molar-refractivity contribution >= 4 is 11.6 Å². The molecule has 1 aromatic rings. The molecule has 4 heteroatoms. The molecule has 1 aromatic carbocycles. The van der Waals surface area contributed by atoms with Gasteiger partial charge in [0.1, 0.15) is 6.10 Å². The fourth-order valence-electron chi connectivity index (χ4n) is 1.22. The molecule has 1 atom stereocenters. The van der Waals surface area contributed by atoms with Gasteiger partial charge in [-0.15, -0.1) is 6.58 Å². The molecule has 0 heterocycles. The minimum Gasteiger partial charge on any atom is -0.486 e. The van der Waals surface area contributed by atoms with Crippen LogP contribution in [0.25, 0.3) is 0 Å². The maximum Gasteiger partial charge on any atom is 0.183 e. The average Bonchev–Trinajstić information content (AvgIpc) is 2.25. The van der Waals surface area contributed by atoms with Crippen molar-refractivity contribution in [2.45, 2.75) is 13.0 Å². The lowest BCUT2D eigenvalue weighted by molar-refractivity contribution is 0.209. The number of rotatable bonds is 6. The quantitative estimate of drug-likeness (QED) is 0.613. The highest BCUT2D eigenvalue weighted by molar-refractivity contribution is 6.30. The first-order valence-corrected chi connectivity index (χ1v) is 5.45. The van der Waals surface area contributed by atoms with Crippen molar-refractivity contribution in [1.29, 1.82) is 0 Å². The molecule has 88 valence electrons. The van der Waals surface area contributed by atoms with E-state index in [2.05, 4.69) is 11.9 Å². The molecule has 0 aromatic heterocycles. The lowest BCUT2D eigenvalue weighted by Crippen LogP contribution is -2.29. The summed E-state index contributed by atoms with van der Waals surface area (Å²) in [5.41, 5.74) is 0. The summed E-state index contributed by atoms with van der Waals surface area (Å²) in [5.74, 6) is -0.333. The summed E-state index contributed by atoms with van der Waals surface area (Å²) < 4.78 is 18.9. The predicted molar refractivity (Wildman–Crippen MR) is 64.6 cm³/mol. The van der Waals surface area contributed by atoms with Crippen molar-refractivity contribution < 1.29 is 9.13 Å². The van der Waals surface area contributed by atoms with E-state index in [1.165, 1.54) is 6.07 Å². The van der Waals surface area contributed by atoms with Gasteiger partial charge in [0.05, 0.1) is 5.02 Å². The van der Waals surface area contributed by atoms with E-state index in [0.29, 0.717) is 13.1 Å². The highest BCUT2D eigenvalue weighted by Crippen LogP contribution is 2.24. The maximum absolute atomic E-state index is 13.5. The van der Waals surface area contributed by atoms with E-state index in [1.807, 2.05) is 6.92 Å². The standard InChI is InChI=1S/C12H15ClFNO/c1-3-7-15-8-9(2)16-11-6-4-5-10(13)12(11)14/h3-6,9,15H,1,7-8H2,2H3. The highest BCUT2D eigenvalue weighted by atomic mass is 35.5. The third-order valence-electron chi connectivity index (χ3n) is 1.96. The van der Waals surface area contributed by atoms with Crippen LogP contribution >= 0.6 is 11.6 Å². The second kappa shape index (κ2) is 6.51. The number of nitrogens with one attached hydrogen (secondary N) is 1. The van der Waals surface area contributed by atoms with Crippen LogP contribution in [0.4, 0.5) is 4.39 Å². The Morgan fingerprint density at radius 1 is 1.62 bits per heavy atom. The van der Waals surface area contributed by atoms with Crippen molar-refractivity contribution in [2.75, 3.05) is 13.1 Å². The van der Waals surface area contributed by atoms with Crippen LogP contribution in [0.15, 0.2) is 30.9 Å². The molecule has 0 fully saturated rings. The van der Waals surface area contributed by atoms with Gasteiger partial charge in [-0.2, -0.15) is 0 Å². The lowest BCUT2D eigenvalue weighted by atomic mass is 10.3. The number of benzene rings is 1. The summed E-state index contributed by atoms with van der Waals surface area (Å²) >= 11 is 5.64. The monoisotopic (exact) mass is 243 g/mol. The smallest absolute Gasteiger partial charge is 0.183 e. The largest absolute Gasteiger partial charge is 0.486 e. The van der Waals surface area contributed by atoms with E-state index in [9.17, 15) is 4.39 Å². The minimum atomic E-state index is -0.514. The van der Waals surface area contributed by atoms with Gasteiger partial charge in [0.25, 0.3) is 0 Å². The fourth-order valence-corrected chi connectivity index (χ4v) is 1.39. The Kier molecular flexibility index (Phi) is 5.29. The van der Waals surface area contributed by atoms with E-state index in [4.69, 9.17) is 16.3 Å². The molecule has 0 bridgehead atoms. The average molecular weight is 244 g/mol. The van der Waals surface area contributed by atoms with Crippen molar-refractivity contribution in [3.8, 4) is 5.75 Å². The molecule has 0 spiro atoms. The van der Waals surface area contributed by atoms with Gasteiger partial charge in [-0.1, -0.05) is 23.7 Å². The number of halogens is 2. The van der Waals surface area contributed by atoms with Crippen LogP contribution in [0, 0.1) is 5.82 Å². The van der Waals surface area contributed by atoms with E-state index < -0.39 is 5.82 Å². The Morgan fingerprint density at radius 3 is 3.06 bits per heavy atom. The minimum absolute atomic E-state index is 0.0729. The Morgan fingerprint density at radius 2 is 2.38 bits per heavy atom. The van der Waals surface area contributed by atoms with Gasteiger partial charge >= 0.3 is 0 Å². The first-order valence-electron chi connectivity index (χ1n) is 5.07. The van der Waals surface area contributed by atoms with Gasteiger partial charge in [0.15, 0.2) is 11.6 Å². The molecule has 1 unspecified atom stereocenters. The van der Waals surface area contributed by atoms with Crippen molar-refractivity contribution in [2.24, 2.45) is 0 Å². The molecule has 0 amide bonds. The van der Waals surface area contributed by atoms with E-state index in [-0.39, 0.29) is 16.9 Å². The molecule has 16 heavy (non-hydrogen) atoms. The molecule has 0 saturated heterocycles. The van der Waals surface area contributed by atoms with Crippen LogP contribution in [-0.2, 0) is 0 Å². The Labute approximate surface area is 100 Å². The van der Waals surface area contributed by atoms with Gasteiger partial charge in [-0.3, -0.25) is 0 Å². The molecule has 0 saturated carbocycles. The molecule has 2 nitrogen and oxygen atoms in total. The SMILES string of the molecule is C=CCNCC(C)Oc1cccc(Cl)c1F. The summed E-state index contributed by atoms with van der Waals surface area (Å²) in [6.45, 7) is 6.77.